The molecular formula is C20H22BrN3O2S. The molecule has 7 heteroatoms. The van der Waals surface area contributed by atoms with Gasteiger partial charge in [0.15, 0.2) is 5.11 Å². The van der Waals surface area contributed by atoms with E-state index in [1.165, 1.54) is 0 Å². The van der Waals surface area contributed by atoms with Gasteiger partial charge in [-0.05, 0) is 67.0 Å². The average molecular weight is 448 g/mol. The standard InChI is InChI=1S/C20H22BrN3O2S/c1-12(2)10-18(25)22-15-6-8-16(9-7-15)23-20(27)24-19(26)14-5-4-13(3)17(21)11-14/h4-9,11-12H,10H2,1-3H3,(H,22,25)(H2,23,24,26,27). The molecule has 0 fully saturated rings. The van der Waals surface area contributed by atoms with Gasteiger partial charge in [-0.1, -0.05) is 35.8 Å². The summed E-state index contributed by atoms with van der Waals surface area (Å²) >= 11 is 8.61. The molecular weight excluding hydrogens is 426 g/mol. The number of halogens is 1. The van der Waals surface area contributed by atoms with Crippen LogP contribution >= 0.6 is 28.1 Å². The molecule has 0 spiro atoms. The smallest absolute Gasteiger partial charge is 0.257 e. The summed E-state index contributed by atoms with van der Waals surface area (Å²) in [6.07, 6.45) is 0.477. The van der Waals surface area contributed by atoms with Crippen molar-refractivity contribution in [1.29, 1.82) is 0 Å². The lowest BCUT2D eigenvalue weighted by molar-refractivity contribution is -0.116. The zero-order valence-electron chi connectivity index (χ0n) is 15.4. The molecule has 2 aromatic carbocycles. The maximum absolute atomic E-state index is 12.3. The van der Waals surface area contributed by atoms with Crippen LogP contribution in [0.3, 0.4) is 0 Å². The quantitative estimate of drug-likeness (QED) is 0.571. The monoisotopic (exact) mass is 447 g/mol. The van der Waals surface area contributed by atoms with Crippen molar-refractivity contribution in [3.63, 3.8) is 0 Å². The van der Waals surface area contributed by atoms with E-state index in [2.05, 4.69) is 31.9 Å². The van der Waals surface area contributed by atoms with Crippen LogP contribution in [0.25, 0.3) is 0 Å². The second-order valence-electron chi connectivity index (χ2n) is 6.60. The summed E-state index contributed by atoms with van der Waals surface area (Å²) < 4.78 is 0.865. The van der Waals surface area contributed by atoms with E-state index in [-0.39, 0.29) is 16.9 Å². The van der Waals surface area contributed by atoms with Crippen LogP contribution in [0, 0.1) is 12.8 Å². The summed E-state index contributed by atoms with van der Waals surface area (Å²) in [6, 6.07) is 12.5. The molecule has 2 aromatic rings. The summed E-state index contributed by atoms with van der Waals surface area (Å²) in [5, 5.41) is 8.65. The summed E-state index contributed by atoms with van der Waals surface area (Å²) in [5.74, 6) is 0.00426. The minimum Gasteiger partial charge on any atom is -0.332 e. The minimum absolute atomic E-state index is 0.0160. The largest absolute Gasteiger partial charge is 0.332 e. The summed E-state index contributed by atoms with van der Waals surface area (Å²) in [6.45, 7) is 5.95. The van der Waals surface area contributed by atoms with Gasteiger partial charge in [0.25, 0.3) is 5.91 Å². The highest BCUT2D eigenvalue weighted by Gasteiger charge is 2.10. The Morgan fingerprint density at radius 1 is 1.04 bits per heavy atom. The van der Waals surface area contributed by atoms with E-state index in [0.717, 1.165) is 10.0 Å². The van der Waals surface area contributed by atoms with Gasteiger partial charge in [0.2, 0.25) is 5.91 Å². The molecule has 0 radical (unpaired) electrons. The molecule has 27 heavy (non-hydrogen) atoms. The van der Waals surface area contributed by atoms with Crippen LogP contribution in [0.4, 0.5) is 11.4 Å². The fraction of sp³-hybridized carbons (Fsp3) is 0.250. The second-order valence-corrected chi connectivity index (χ2v) is 7.86. The Hall–Kier alpha value is -2.25. The van der Waals surface area contributed by atoms with E-state index in [9.17, 15) is 9.59 Å². The lowest BCUT2D eigenvalue weighted by Crippen LogP contribution is -2.34. The SMILES string of the molecule is Cc1ccc(C(=O)NC(=S)Nc2ccc(NC(=O)CC(C)C)cc2)cc1Br. The Morgan fingerprint density at radius 2 is 1.63 bits per heavy atom. The van der Waals surface area contributed by atoms with Gasteiger partial charge < -0.3 is 10.6 Å². The molecule has 0 atom stereocenters. The molecule has 0 aliphatic heterocycles. The number of benzene rings is 2. The first-order valence-electron chi connectivity index (χ1n) is 8.53. The van der Waals surface area contributed by atoms with Gasteiger partial charge in [-0.3, -0.25) is 14.9 Å². The van der Waals surface area contributed by atoms with E-state index in [1.807, 2.05) is 26.8 Å². The first-order chi connectivity index (χ1) is 12.7. The molecule has 0 heterocycles. The molecule has 142 valence electrons. The zero-order valence-corrected chi connectivity index (χ0v) is 17.8. The number of carbonyl (C=O) groups excluding carboxylic acids is 2. The van der Waals surface area contributed by atoms with Crippen LogP contribution in [0.15, 0.2) is 46.9 Å². The number of amides is 2. The number of anilines is 2. The van der Waals surface area contributed by atoms with Crippen molar-refractivity contribution < 1.29 is 9.59 Å². The van der Waals surface area contributed by atoms with Gasteiger partial charge in [0.1, 0.15) is 0 Å². The van der Waals surface area contributed by atoms with E-state index >= 15 is 0 Å². The molecule has 0 bridgehead atoms. The van der Waals surface area contributed by atoms with Crippen molar-refractivity contribution in [2.24, 2.45) is 5.92 Å². The molecule has 0 saturated heterocycles. The molecule has 5 nitrogen and oxygen atoms in total. The maximum Gasteiger partial charge on any atom is 0.257 e. The predicted octanol–water partition coefficient (Wildman–Crippen LogP) is 4.87. The van der Waals surface area contributed by atoms with Crippen molar-refractivity contribution in [2.75, 3.05) is 10.6 Å². The Morgan fingerprint density at radius 3 is 2.19 bits per heavy atom. The zero-order chi connectivity index (χ0) is 20.0. The number of nitrogens with one attached hydrogen (secondary N) is 3. The molecule has 0 saturated carbocycles. The van der Waals surface area contributed by atoms with Crippen LogP contribution in [-0.2, 0) is 4.79 Å². The maximum atomic E-state index is 12.3. The summed E-state index contributed by atoms with van der Waals surface area (Å²) in [5.41, 5.74) is 2.99. The third-order valence-electron chi connectivity index (χ3n) is 3.68. The highest BCUT2D eigenvalue weighted by molar-refractivity contribution is 9.10. The molecule has 0 aromatic heterocycles. The lowest BCUT2D eigenvalue weighted by Gasteiger charge is -2.11. The average Bonchev–Trinajstić information content (AvgIpc) is 2.58. The topological polar surface area (TPSA) is 70.2 Å². The molecule has 0 aliphatic carbocycles. The Bertz CT molecular complexity index is 851. The van der Waals surface area contributed by atoms with Gasteiger partial charge >= 0.3 is 0 Å². The predicted molar refractivity (Wildman–Crippen MR) is 117 cm³/mol. The molecule has 2 amide bonds. The fourth-order valence-corrected chi connectivity index (χ4v) is 2.88. The molecule has 0 aliphatic rings. The lowest BCUT2D eigenvalue weighted by atomic mass is 10.1. The van der Waals surface area contributed by atoms with Gasteiger partial charge in [0, 0.05) is 27.8 Å². The van der Waals surface area contributed by atoms with Crippen molar-refractivity contribution in [1.82, 2.24) is 5.32 Å². The van der Waals surface area contributed by atoms with E-state index in [4.69, 9.17) is 12.2 Å². The first-order valence-corrected chi connectivity index (χ1v) is 9.73. The molecule has 2 rings (SSSR count). The highest BCUT2D eigenvalue weighted by atomic mass is 79.9. The second kappa shape index (κ2) is 9.62. The van der Waals surface area contributed by atoms with Gasteiger partial charge in [-0.15, -0.1) is 0 Å². The fourth-order valence-electron chi connectivity index (χ4n) is 2.29. The molecule has 3 N–H and O–H groups in total. The number of thiocarbonyl (C=S) groups is 1. The normalized spacial score (nSPS) is 10.4. The van der Waals surface area contributed by atoms with E-state index in [1.54, 1.807) is 36.4 Å². The Labute approximate surface area is 173 Å². The van der Waals surface area contributed by atoms with Crippen LogP contribution in [0.2, 0.25) is 0 Å². The first kappa shape index (κ1) is 21.1. The van der Waals surface area contributed by atoms with Crippen LogP contribution in [0.5, 0.6) is 0 Å². The van der Waals surface area contributed by atoms with E-state index in [0.29, 0.717) is 29.3 Å². The number of hydrogen-bond acceptors (Lipinski definition) is 3. The highest BCUT2D eigenvalue weighted by Crippen LogP contribution is 2.18. The van der Waals surface area contributed by atoms with Gasteiger partial charge in [-0.25, -0.2) is 0 Å². The number of carbonyl (C=O) groups is 2. The van der Waals surface area contributed by atoms with Gasteiger partial charge in [-0.2, -0.15) is 0 Å². The van der Waals surface area contributed by atoms with Crippen LogP contribution in [0.1, 0.15) is 36.2 Å². The van der Waals surface area contributed by atoms with Crippen LogP contribution in [-0.4, -0.2) is 16.9 Å². The summed E-state index contributed by atoms with van der Waals surface area (Å²) in [7, 11) is 0. The number of aryl methyl sites for hydroxylation is 1. The minimum atomic E-state index is -0.286. The third-order valence-corrected chi connectivity index (χ3v) is 4.74. The number of rotatable bonds is 5. The Balaban J connectivity index is 1.90. The van der Waals surface area contributed by atoms with Gasteiger partial charge in [0.05, 0.1) is 0 Å². The molecule has 0 unspecified atom stereocenters. The third kappa shape index (κ3) is 6.77. The van der Waals surface area contributed by atoms with E-state index < -0.39 is 0 Å². The van der Waals surface area contributed by atoms with Crippen molar-refractivity contribution in [2.45, 2.75) is 27.2 Å². The van der Waals surface area contributed by atoms with Crippen molar-refractivity contribution in [3.8, 4) is 0 Å². The Kier molecular flexibility index (Phi) is 7.50. The summed E-state index contributed by atoms with van der Waals surface area (Å²) in [4.78, 5) is 24.1. The number of hydrogen-bond donors (Lipinski definition) is 3. The van der Waals surface area contributed by atoms with Crippen LogP contribution < -0.4 is 16.0 Å². The van der Waals surface area contributed by atoms with Crippen molar-refractivity contribution >= 4 is 56.4 Å². The van der Waals surface area contributed by atoms with Crippen molar-refractivity contribution in [3.05, 3.63) is 58.1 Å².